The van der Waals surface area contributed by atoms with Crippen molar-refractivity contribution in [1.82, 2.24) is 20.4 Å². The summed E-state index contributed by atoms with van der Waals surface area (Å²) in [5.74, 6) is 0.0406. The summed E-state index contributed by atoms with van der Waals surface area (Å²) in [5.41, 5.74) is 0.610. The molecule has 1 saturated heterocycles. The van der Waals surface area contributed by atoms with Crippen LogP contribution in [0.15, 0.2) is 18.5 Å². The van der Waals surface area contributed by atoms with Gasteiger partial charge in [-0.15, -0.1) is 0 Å². The van der Waals surface area contributed by atoms with Crippen LogP contribution in [-0.4, -0.2) is 46.7 Å². The highest BCUT2D eigenvalue weighted by atomic mass is 16.2. The third-order valence-corrected chi connectivity index (χ3v) is 2.63. The van der Waals surface area contributed by atoms with E-state index in [1.165, 1.54) is 6.20 Å². The second-order valence-corrected chi connectivity index (χ2v) is 3.53. The highest BCUT2D eigenvalue weighted by molar-refractivity contribution is 5.94. The third kappa shape index (κ3) is 1.97. The molecular formula is C10H14N4O. The molecule has 0 radical (unpaired) electrons. The van der Waals surface area contributed by atoms with E-state index in [1.807, 2.05) is 11.8 Å². The highest BCUT2D eigenvalue weighted by Crippen LogP contribution is 2.09. The van der Waals surface area contributed by atoms with Gasteiger partial charge in [0.15, 0.2) is 0 Å². The number of carbonyl (C=O) groups is 1. The minimum absolute atomic E-state index is 0.0406. The molecule has 15 heavy (non-hydrogen) atoms. The number of hydrogen-bond donors (Lipinski definition) is 1. The summed E-state index contributed by atoms with van der Waals surface area (Å²) in [7, 11) is 0. The van der Waals surface area contributed by atoms with Crippen molar-refractivity contribution in [1.29, 1.82) is 0 Å². The van der Waals surface area contributed by atoms with Crippen LogP contribution in [0.5, 0.6) is 0 Å². The maximum absolute atomic E-state index is 12.0. The number of nitrogens with one attached hydrogen (secondary N) is 1. The number of likely N-dealkylation sites (N-methyl/N-ethyl adjacent to an activating group) is 1. The van der Waals surface area contributed by atoms with Gasteiger partial charge in [0.2, 0.25) is 0 Å². The Kier molecular flexibility index (Phi) is 2.91. The van der Waals surface area contributed by atoms with Crippen LogP contribution in [0.25, 0.3) is 0 Å². The summed E-state index contributed by atoms with van der Waals surface area (Å²) in [6.07, 6.45) is 3.05. The average Bonchev–Trinajstić information content (AvgIpc) is 2.23. The lowest BCUT2D eigenvalue weighted by Crippen LogP contribution is -2.58. The van der Waals surface area contributed by atoms with E-state index in [9.17, 15) is 4.79 Å². The molecule has 0 aromatic carbocycles. The number of hydrogen-bond acceptors (Lipinski definition) is 4. The Morgan fingerprint density at radius 2 is 2.40 bits per heavy atom. The zero-order valence-corrected chi connectivity index (χ0v) is 8.68. The smallest absolute Gasteiger partial charge is 0.255 e. The topological polar surface area (TPSA) is 58.1 Å². The van der Waals surface area contributed by atoms with E-state index >= 15 is 0 Å². The summed E-state index contributed by atoms with van der Waals surface area (Å²) in [5, 5.41) is 10.5. The summed E-state index contributed by atoms with van der Waals surface area (Å²) < 4.78 is 0. The molecule has 0 spiro atoms. The van der Waals surface area contributed by atoms with Gasteiger partial charge in [-0.25, -0.2) is 0 Å². The second kappa shape index (κ2) is 4.35. The lowest BCUT2D eigenvalue weighted by Gasteiger charge is -2.37. The zero-order valence-electron chi connectivity index (χ0n) is 8.68. The molecular weight excluding hydrogens is 192 g/mol. The van der Waals surface area contributed by atoms with Gasteiger partial charge in [0, 0.05) is 19.6 Å². The van der Waals surface area contributed by atoms with Crippen LogP contribution in [0.4, 0.5) is 0 Å². The van der Waals surface area contributed by atoms with E-state index in [2.05, 4.69) is 15.5 Å². The van der Waals surface area contributed by atoms with Crippen LogP contribution in [0.1, 0.15) is 17.3 Å². The lowest BCUT2D eigenvalue weighted by molar-refractivity contribution is 0.0629. The number of nitrogens with zero attached hydrogens (tertiary/aromatic N) is 3. The van der Waals surface area contributed by atoms with E-state index in [-0.39, 0.29) is 5.91 Å². The summed E-state index contributed by atoms with van der Waals surface area (Å²) in [6.45, 7) is 4.49. The number of carbonyl (C=O) groups excluding carboxylic acids is 1. The standard InChI is InChI=1S/C10H14N4O/c1-2-14(9-6-11-7-9)10(15)8-3-4-12-13-5-8/h3-5,9,11H,2,6-7H2,1H3. The number of aromatic nitrogens is 2. The quantitative estimate of drug-likeness (QED) is 0.751. The first kappa shape index (κ1) is 10.0. The van der Waals surface area contributed by atoms with Crippen molar-refractivity contribution in [3.63, 3.8) is 0 Å². The van der Waals surface area contributed by atoms with Gasteiger partial charge < -0.3 is 10.2 Å². The van der Waals surface area contributed by atoms with Crippen molar-refractivity contribution >= 4 is 5.91 Å². The van der Waals surface area contributed by atoms with Gasteiger partial charge in [0.1, 0.15) is 0 Å². The van der Waals surface area contributed by atoms with Gasteiger partial charge in [-0.2, -0.15) is 10.2 Å². The van der Waals surface area contributed by atoms with Gasteiger partial charge in [-0.1, -0.05) is 0 Å². The van der Waals surface area contributed by atoms with Gasteiger partial charge in [0.05, 0.1) is 24.0 Å². The maximum atomic E-state index is 12.0. The second-order valence-electron chi connectivity index (χ2n) is 3.53. The van der Waals surface area contributed by atoms with Crippen molar-refractivity contribution in [3.05, 3.63) is 24.0 Å². The lowest BCUT2D eigenvalue weighted by atomic mass is 10.1. The Bertz CT molecular complexity index is 337. The molecule has 1 N–H and O–H groups in total. The molecule has 80 valence electrons. The number of rotatable bonds is 3. The van der Waals surface area contributed by atoms with Gasteiger partial charge in [-0.05, 0) is 13.0 Å². The van der Waals surface area contributed by atoms with Crippen molar-refractivity contribution < 1.29 is 4.79 Å². The summed E-state index contributed by atoms with van der Waals surface area (Å²) >= 11 is 0. The molecule has 0 unspecified atom stereocenters. The fourth-order valence-electron chi connectivity index (χ4n) is 1.64. The normalized spacial score (nSPS) is 15.8. The Morgan fingerprint density at radius 3 is 2.87 bits per heavy atom. The Morgan fingerprint density at radius 1 is 1.60 bits per heavy atom. The SMILES string of the molecule is CCN(C(=O)c1ccnnc1)C1CNC1. The molecule has 0 aliphatic carbocycles. The Labute approximate surface area is 88.5 Å². The van der Waals surface area contributed by atoms with E-state index < -0.39 is 0 Å². The van der Waals surface area contributed by atoms with Crippen molar-refractivity contribution in [2.45, 2.75) is 13.0 Å². The molecule has 1 aliphatic heterocycles. The monoisotopic (exact) mass is 206 g/mol. The molecule has 1 aromatic rings. The first-order valence-electron chi connectivity index (χ1n) is 5.11. The zero-order chi connectivity index (χ0) is 10.7. The van der Waals surface area contributed by atoms with Crippen molar-refractivity contribution in [2.75, 3.05) is 19.6 Å². The molecule has 5 heteroatoms. The molecule has 0 atom stereocenters. The first-order chi connectivity index (χ1) is 7.33. The highest BCUT2D eigenvalue weighted by Gasteiger charge is 2.27. The summed E-state index contributed by atoms with van der Waals surface area (Å²) in [4.78, 5) is 13.9. The van der Waals surface area contributed by atoms with Crippen LogP contribution in [0.2, 0.25) is 0 Å². The molecule has 5 nitrogen and oxygen atoms in total. The largest absolute Gasteiger partial charge is 0.333 e. The van der Waals surface area contributed by atoms with Crippen LogP contribution < -0.4 is 5.32 Å². The van der Waals surface area contributed by atoms with Gasteiger partial charge in [-0.3, -0.25) is 4.79 Å². The minimum atomic E-state index is 0.0406. The van der Waals surface area contributed by atoms with E-state index in [4.69, 9.17) is 0 Å². The average molecular weight is 206 g/mol. The van der Waals surface area contributed by atoms with E-state index in [1.54, 1.807) is 12.3 Å². The van der Waals surface area contributed by atoms with Crippen molar-refractivity contribution in [3.8, 4) is 0 Å². The fraction of sp³-hybridized carbons (Fsp3) is 0.500. The molecule has 0 saturated carbocycles. The van der Waals surface area contributed by atoms with E-state index in [0.29, 0.717) is 11.6 Å². The van der Waals surface area contributed by atoms with Crippen LogP contribution in [0, 0.1) is 0 Å². The molecule has 2 heterocycles. The molecule has 2 rings (SSSR count). The van der Waals surface area contributed by atoms with Crippen LogP contribution in [-0.2, 0) is 0 Å². The van der Waals surface area contributed by atoms with Crippen molar-refractivity contribution in [2.24, 2.45) is 0 Å². The molecule has 0 bridgehead atoms. The third-order valence-electron chi connectivity index (χ3n) is 2.63. The van der Waals surface area contributed by atoms with Crippen LogP contribution in [0.3, 0.4) is 0 Å². The first-order valence-corrected chi connectivity index (χ1v) is 5.11. The van der Waals surface area contributed by atoms with Crippen LogP contribution >= 0.6 is 0 Å². The summed E-state index contributed by atoms with van der Waals surface area (Å²) in [6, 6.07) is 2.03. The maximum Gasteiger partial charge on any atom is 0.255 e. The predicted octanol–water partition coefficient (Wildman–Crippen LogP) is -0.0895. The number of amides is 1. The van der Waals surface area contributed by atoms with Gasteiger partial charge in [0.25, 0.3) is 5.91 Å². The van der Waals surface area contributed by atoms with Gasteiger partial charge >= 0.3 is 0 Å². The molecule has 1 aliphatic rings. The van der Waals surface area contributed by atoms with E-state index in [0.717, 1.165) is 19.6 Å². The minimum Gasteiger partial charge on any atom is -0.333 e. The predicted molar refractivity (Wildman–Crippen MR) is 55.4 cm³/mol. The fourth-order valence-corrected chi connectivity index (χ4v) is 1.64. The molecule has 1 fully saturated rings. The molecule has 1 amide bonds. The Hall–Kier alpha value is -1.49. The Balaban J connectivity index is 2.11. The molecule has 1 aromatic heterocycles.